The third-order valence-electron chi connectivity index (χ3n) is 8.22. The number of amides is 2. The van der Waals surface area contributed by atoms with E-state index in [1.54, 1.807) is 6.07 Å². The molecule has 2 bridgehead atoms. The van der Waals surface area contributed by atoms with E-state index in [1.165, 1.54) is 12.0 Å². The van der Waals surface area contributed by atoms with Crippen molar-refractivity contribution in [2.75, 3.05) is 19.7 Å². The van der Waals surface area contributed by atoms with E-state index in [2.05, 4.69) is 16.3 Å². The van der Waals surface area contributed by atoms with Gasteiger partial charge in [-0.2, -0.15) is 0 Å². The summed E-state index contributed by atoms with van der Waals surface area (Å²) in [4.78, 5) is 26.8. The molecule has 2 heterocycles. The van der Waals surface area contributed by atoms with E-state index in [9.17, 15) is 19.8 Å². The summed E-state index contributed by atoms with van der Waals surface area (Å²) in [6.07, 6.45) is 10.3. The Morgan fingerprint density at radius 3 is 2.42 bits per heavy atom. The smallest absolute Gasteiger partial charge is 0.254 e. The summed E-state index contributed by atoms with van der Waals surface area (Å²) < 4.78 is 0. The molecule has 2 amide bonds. The summed E-state index contributed by atoms with van der Waals surface area (Å²) in [5, 5.41) is 23.5. The van der Waals surface area contributed by atoms with Gasteiger partial charge in [0.25, 0.3) is 5.91 Å². The van der Waals surface area contributed by atoms with Crippen molar-refractivity contribution in [3.63, 3.8) is 0 Å². The summed E-state index contributed by atoms with van der Waals surface area (Å²) in [6, 6.07) is 8.62. The molecule has 2 saturated heterocycles. The van der Waals surface area contributed by atoms with E-state index in [-0.39, 0.29) is 5.91 Å². The Morgan fingerprint density at radius 2 is 1.79 bits per heavy atom. The highest BCUT2D eigenvalue weighted by molar-refractivity contribution is 5.92. The van der Waals surface area contributed by atoms with E-state index in [4.69, 9.17) is 5.73 Å². The van der Waals surface area contributed by atoms with Crippen molar-refractivity contribution in [1.82, 2.24) is 10.2 Å². The number of carbonyl (C=O) groups excluding carboxylic acids is 2. The van der Waals surface area contributed by atoms with E-state index >= 15 is 0 Å². The fraction of sp³-hybridized carbons (Fsp3) is 0.692. The molecule has 3 fully saturated rings. The van der Waals surface area contributed by atoms with Crippen molar-refractivity contribution in [1.29, 1.82) is 0 Å². The molecule has 1 saturated carbocycles. The van der Waals surface area contributed by atoms with Crippen molar-refractivity contribution in [3.8, 4) is 0 Å². The number of fused-ring (bicyclic) bond motifs is 2. The zero-order valence-electron chi connectivity index (χ0n) is 19.5. The zero-order chi connectivity index (χ0) is 23.4. The summed E-state index contributed by atoms with van der Waals surface area (Å²) in [5.41, 5.74) is 5.53. The fourth-order valence-corrected chi connectivity index (χ4v) is 6.42. The predicted octanol–water partition coefficient (Wildman–Crippen LogP) is 2.31. The average Bonchev–Trinajstić information content (AvgIpc) is 3.06. The normalized spacial score (nSPS) is 27.8. The van der Waals surface area contributed by atoms with Crippen molar-refractivity contribution in [3.05, 3.63) is 35.4 Å². The van der Waals surface area contributed by atoms with E-state index in [1.807, 2.05) is 12.1 Å². The minimum absolute atomic E-state index is 0.310. The van der Waals surface area contributed by atoms with Gasteiger partial charge in [-0.15, -0.1) is 0 Å². The monoisotopic (exact) mass is 457 g/mol. The van der Waals surface area contributed by atoms with Gasteiger partial charge in [0.05, 0.1) is 6.61 Å². The molecule has 4 atom stereocenters. The molecule has 1 aromatic rings. The molecule has 7 heteroatoms. The van der Waals surface area contributed by atoms with Crippen LogP contribution >= 0.6 is 0 Å². The third kappa shape index (κ3) is 5.58. The maximum absolute atomic E-state index is 12.7. The first-order chi connectivity index (χ1) is 15.9. The maximum Gasteiger partial charge on any atom is 0.254 e. The molecule has 5 N–H and O–H groups in total. The van der Waals surface area contributed by atoms with Gasteiger partial charge in [0, 0.05) is 30.7 Å². The first-order valence-electron chi connectivity index (χ1n) is 12.7. The second-order valence-electron chi connectivity index (χ2n) is 10.4. The van der Waals surface area contributed by atoms with Crippen LogP contribution in [0.5, 0.6) is 0 Å². The first-order valence-corrected chi connectivity index (χ1v) is 12.7. The molecule has 1 aromatic carbocycles. The van der Waals surface area contributed by atoms with E-state index in [0.29, 0.717) is 42.4 Å². The van der Waals surface area contributed by atoms with E-state index < -0.39 is 18.1 Å². The van der Waals surface area contributed by atoms with Gasteiger partial charge in [-0.1, -0.05) is 44.2 Å². The molecule has 4 rings (SSSR count). The quantitative estimate of drug-likeness (QED) is 0.454. The van der Waals surface area contributed by atoms with Gasteiger partial charge < -0.3 is 21.3 Å². The van der Waals surface area contributed by atoms with Crippen LogP contribution in [0.2, 0.25) is 0 Å². The number of nitrogens with two attached hydrogens (primary N) is 1. The lowest BCUT2D eigenvalue weighted by Gasteiger charge is -2.39. The van der Waals surface area contributed by atoms with Crippen LogP contribution in [0.3, 0.4) is 0 Å². The molecule has 0 aromatic heterocycles. The molecule has 0 radical (unpaired) electrons. The lowest BCUT2D eigenvalue weighted by Crippen LogP contribution is -2.53. The number of hydrogen-bond acceptors (Lipinski definition) is 5. The van der Waals surface area contributed by atoms with Gasteiger partial charge in [0.15, 0.2) is 5.60 Å². The lowest BCUT2D eigenvalue weighted by atomic mass is 9.80. The van der Waals surface area contributed by atoms with E-state index in [0.717, 1.165) is 57.9 Å². The number of benzene rings is 1. The van der Waals surface area contributed by atoms with Crippen molar-refractivity contribution < 1.29 is 19.8 Å². The highest BCUT2D eigenvalue weighted by Gasteiger charge is 2.41. The summed E-state index contributed by atoms with van der Waals surface area (Å²) in [6.45, 7) is 0.692. The number of primary amides is 1. The minimum atomic E-state index is -1.68. The fourth-order valence-electron chi connectivity index (χ4n) is 6.42. The summed E-state index contributed by atoms with van der Waals surface area (Å²) >= 11 is 0. The second kappa shape index (κ2) is 10.5. The number of nitrogens with one attached hydrogen (secondary N) is 1. The molecule has 33 heavy (non-hydrogen) atoms. The topological polar surface area (TPSA) is 116 Å². The van der Waals surface area contributed by atoms with Crippen LogP contribution < -0.4 is 11.1 Å². The number of aliphatic hydroxyl groups is 2. The molecular formula is C26H39N3O4. The molecule has 3 aliphatic rings. The van der Waals surface area contributed by atoms with Crippen LogP contribution in [-0.4, -0.2) is 64.3 Å². The molecule has 1 aliphatic carbocycles. The number of aliphatic hydroxyl groups excluding tert-OH is 1. The Balaban J connectivity index is 1.28. The van der Waals surface area contributed by atoms with Crippen LogP contribution in [-0.2, 0) is 4.79 Å². The SMILES string of the molecule is NC(=O)c1cccc(C2C[C@H]3CC[C@@H](C2)N3CCNC(=O)[C@@](O)(CO)CC2CCCCC2)c1. The summed E-state index contributed by atoms with van der Waals surface area (Å²) in [5.74, 6) is -0.104. The lowest BCUT2D eigenvalue weighted by molar-refractivity contribution is -0.146. The van der Waals surface area contributed by atoms with Gasteiger partial charge in [-0.05, 0) is 61.6 Å². The Labute approximate surface area is 196 Å². The third-order valence-corrected chi connectivity index (χ3v) is 8.22. The number of nitrogens with zero attached hydrogens (tertiary/aromatic N) is 1. The maximum atomic E-state index is 12.7. The Hall–Kier alpha value is -1.96. The second-order valence-corrected chi connectivity index (χ2v) is 10.4. The predicted molar refractivity (Wildman–Crippen MR) is 127 cm³/mol. The van der Waals surface area contributed by atoms with Crippen LogP contribution in [0.1, 0.15) is 86.0 Å². The first kappa shape index (κ1) is 24.2. The number of hydrogen-bond donors (Lipinski definition) is 4. The van der Waals surface area contributed by atoms with Gasteiger partial charge in [0.1, 0.15) is 0 Å². The van der Waals surface area contributed by atoms with Crippen LogP contribution in [0.4, 0.5) is 0 Å². The molecule has 7 nitrogen and oxygen atoms in total. The molecule has 182 valence electrons. The molecule has 1 unspecified atom stereocenters. The molecular weight excluding hydrogens is 418 g/mol. The highest BCUT2D eigenvalue weighted by atomic mass is 16.3. The average molecular weight is 458 g/mol. The van der Waals surface area contributed by atoms with Gasteiger partial charge in [-0.3, -0.25) is 14.5 Å². The Morgan fingerprint density at radius 1 is 1.09 bits per heavy atom. The number of carbonyl (C=O) groups is 2. The van der Waals surface area contributed by atoms with Crippen molar-refractivity contribution in [2.45, 2.75) is 87.8 Å². The molecule has 2 aliphatic heterocycles. The number of piperidine rings is 1. The highest BCUT2D eigenvalue weighted by Crippen LogP contribution is 2.43. The standard InChI is InChI=1S/C26H39N3O4/c27-24(31)20-8-4-7-19(13-20)21-14-22-9-10-23(15-21)29(22)12-11-28-25(32)26(33,17-30)16-18-5-2-1-3-6-18/h4,7-8,13,18,21-23,30,33H,1-3,5-6,9-12,14-17H2,(H2,27,31)(H,28,32)/t21?,22-,23+,26-/m0/s1. The van der Waals surface area contributed by atoms with Crippen molar-refractivity contribution in [2.24, 2.45) is 11.7 Å². The van der Waals surface area contributed by atoms with Crippen LogP contribution in [0, 0.1) is 5.92 Å². The largest absolute Gasteiger partial charge is 0.393 e. The summed E-state index contributed by atoms with van der Waals surface area (Å²) in [7, 11) is 0. The van der Waals surface area contributed by atoms with Crippen LogP contribution in [0.15, 0.2) is 24.3 Å². The Kier molecular flexibility index (Phi) is 7.72. The van der Waals surface area contributed by atoms with Gasteiger partial charge >= 0.3 is 0 Å². The Bertz CT molecular complexity index is 827. The zero-order valence-corrected chi connectivity index (χ0v) is 19.5. The van der Waals surface area contributed by atoms with Crippen LogP contribution in [0.25, 0.3) is 0 Å². The van der Waals surface area contributed by atoms with Gasteiger partial charge in [-0.25, -0.2) is 0 Å². The van der Waals surface area contributed by atoms with Crippen molar-refractivity contribution >= 4 is 11.8 Å². The van der Waals surface area contributed by atoms with Gasteiger partial charge in [0.2, 0.25) is 5.91 Å². The molecule has 0 spiro atoms. The minimum Gasteiger partial charge on any atom is -0.393 e. The number of rotatable bonds is 9.